The van der Waals surface area contributed by atoms with E-state index >= 15 is 0 Å². The topological polar surface area (TPSA) is 55.4 Å². The van der Waals surface area contributed by atoms with Crippen LogP contribution < -0.4 is 5.32 Å². The number of carbonyl (C=O) groups is 2. The molecule has 4 nitrogen and oxygen atoms in total. The summed E-state index contributed by atoms with van der Waals surface area (Å²) in [4.78, 5) is 23.3. The number of esters is 1. The van der Waals surface area contributed by atoms with Crippen LogP contribution in [0.25, 0.3) is 5.57 Å². The smallest absolute Gasteiger partial charge is 0.335 e. The van der Waals surface area contributed by atoms with E-state index in [1.54, 1.807) is 13.8 Å². The summed E-state index contributed by atoms with van der Waals surface area (Å²) >= 11 is 0. The van der Waals surface area contributed by atoms with E-state index in [-0.39, 0.29) is 11.5 Å². The maximum atomic E-state index is 11.7. The summed E-state index contributed by atoms with van der Waals surface area (Å²) in [5, 5.41) is 2.65. The van der Waals surface area contributed by atoms with Crippen molar-refractivity contribution >= 4 is 17.4 Å². The zero-order chi connectivity index (χ0) is 14.0. The Morgan fingerprint density at radius 3 is 2.53 bits per heavy atom. The van der Waals surface area contributed by atoms with Crippen LogP contribution in [0.2, 0.25) is 0 Å². The van der Waals surface area contributed by atoms with Crippen LogP contribution in [0.15, 0.2) is 48.6 Å². The van der Waals surface area contributed by atoms with Gasteiger partial charge in [0.05, 0.1) is 0 Å². The molecule has 1 aliphatic rings. The lowest BCUT2D eigenvalue weighted by Gasteiger charge is -2.28. The third kappa shape index (κ3) is 2.57. The largest absolute Gasteiger partial charge is 0.432 e. The minimum absolute atomic E-state index is 0.282. The fourth-order valence-corrected chi connectivity index (χ4v) is 1.94. The number of ether oxygens (including phenoxy) is 1. The highest BCUT2D eigenvalue weighted by atomic mass is 16.6. The van der Waals surface area contributed by atoms with Gasteiger partial charge in [-0.3, -0.25) is 4.79 Å². The lowest BCUT2D eigenvalue weighted by atomic mass is 9.98. The van der Waals surface area contributed by atoms with Crippen LogP contribution in [0.5, 0.6) is 0 Å². The van der Waals surface area contributed by atoms with Crippen LogP contribution in [0.3, 0.4) is 0 Å². The summed E-state index contributed by atoms with van der Waals surface area (Å²) in [5.74, 6) is -0.817. The quantitative estimate of drug-likeness (QED) is 0.666. The van der Waals surface area contributed by atoms with E-state index in [1.807, 2.05) is 30.3 Å². The maximum absolute atomic E-state index is 11.7. The molecule has 0 spiro atoms. The van der Waals surface area contributed by atoms with Crippen molar-refractivity contribution < 1.29 is 14.3 Å². The lowest BCUT2D eigenvalue weighted by molar-refractivity contribution is -0.150. The van der Waals surface area contributed by atoms with Gasteiger partial charge >= 0.3 is 5.97 Å². The first-order chi connectivity index (χ1) is 8.92. The van der Waals surface area contributed by atoms with Gasteiger partial charge in [0, 0.05) is 17.2 Å². The molecule has 1 amide bonds. The van der Waals surface area contributed by atoms with Crippen molar-refractivity contribution in [1.29, 1.82) is 0 Å². The fraction of sp³-hybridized carbons (Fsp3) is 0.200. The highest BCUT2D eigenvalue weighted by Gasteiger charge is 2.40. The van der Waals surface area contributed by atoms with Crippen molar-refractivity contribution in [3.63, 3.8) is 0 Å². The number of hydrogen-bond donors (Lipinski definition) is 1. The van der Waals surface area contributed by atoms with Gasteiger partial charge in [0.15, 0.2) is 0 Å². The summed E-state index contributed by atoms with van der Waals surface area (Å²) in [6.07, 6.45) is 1.45. The summed E-state index contributed by atoms with van der Waals surface area (Å²) in [6.45, 7) is 6.75. The molecule has 1 aliphatic heterocycles. The predicted molar refractivity (Wildman–Crippen MR) is 71.9 cm³/mol. The van der Waals surface area contributed by atoms with Crippen molar-refractivity contribution in [2.45, 2.75) is 19.6 Å². The molecule has 0 aromatic heterocycles. The van der Waals surface area contributed by atoms with E-state index < -0.39 is 11.7 Å². The number of rotatable bonds is 3. The summed E-state index contributed by atoms with van der Waals surface area (Å²) in [7, 11) is 0. The summed E-state index contributed by atoms with van der Waals surface area (Å²) in [5.41, 5.74) is 0.592. The molecule has 1 unspecified atom stereocenters. The predicted octanol–water partition coefficient (Wildman–Crippen LogP) is 2.04. The van der Waals surface area contributed by atoms with E-state index in [0.29, 0.717) is 5.57 Å². The molecule has 0 saturated carbocycles. The molecule has 0 saturated heterocycles. The Labute approximate surface area is 111 Å². The van der Waals surface area contributed by atoms with Crippen molar-refractivity contribution in [2.75, 3.05) is 0 Å². The van der Waals surface area contributed by atoms with E-state index in [4.69, 9.17) is 4.74 Å². The van der Waals surface area contributed by atoms with Crippen LogP contribution in [-0.4, -0.2) is 17.6 Å². The highest BCUT2D eigenvalue weighted by Crippen LogP contribution is 2.32. The van der Waals surface area contributed by atoms with Gasteiger partial charge in [0.2, 0.25) is 11.6 Å². The molecule has 4 heteroatoms. The third-order valence-electron chi connectivity index (χ3n) is 2.88. The van der Waals surface area contributed by atoms with Gasteiger partial charge in [-0.05, 0) is 19.4 Å². The standard InChI is InChI=1S/C15H15NO3/c1-10(2)14(18)19-15(3)12(9-13(17)16-15)11-7-5-4-6-8-11/h4-9H,1H2,2-3H3,(H,16,17). The van der Waals surface area contributed by atoms with Crippen LogP contribution in [0.4, 0.5) is 0 Å². The monoisotopic (exact) mass is 257 g/mol. The molecule has 2 rings (SSSR count). The van der Waals surface area contributed by atoms with E-state index in [0.717, 1.165) is 5.56 Å². The van der Waals surface area contributed by atoms with Crippen LogP contribution in [-0.2, 0) is 14.3 Å². The van der Waals surface area contributed by atoms with Crippen LogP contribution >= 0.6 is 0 Å². The minimum Gasteiger partial charge on any atom is -0.432 e. The second-order valence-corrected chi connectivity index (χ2v) is 4.62. The number of benzene rings is 1. The zero-order valence-electron chi connectivity index (χ0n) is 10.9. The zero-order valence-corrected chi connectivity index (χ0v) is 10.9. The Hall–Kier alpha value is -2.36. The van der Waals surface area contributed by atoms with E-state index in [2.05, 4.69) is 11.9 Å². The summed E-state index contributed by atoms with van der Waals surface area (Å²) in [6, 6.07) is 9.32. The molecule has 0 bridgehead atoms. The molecule has 98 valence electrons. The normalized spacial score (nSPS) is 21.6. The van der Waals surface area contributed by atoms with Gasteiger partial charge in [-0.25, -0.2) is 4.79 Å². The highest BCUT2D eigenvalue weighted by molar-refractivity contribution is 6.04. The minimum atomic E-state index is -1.16. The van der Waals surface area contributed by atoms with Gasteiger partial charge < -0.3 is 10.1 Å². The first-order valence-electron chi connectivity index (χ1n) is 5.91. The molecule has 1 atom stereocenters. The van der Waals surface area contributed by atoms with Gasteiger partial charge in [0.1, 0.15) is 0 Å². The Balaban J connectivity index is 2.35. The van der Waals surface area contributed by atoms with Crippen LogP contribution in [0, 0.1) is 0 Å². The fourth-order valence-electron chi connectivity index (χ4n) is 1.94. The Morgan fingerprint density at radius 2 is 1.95 bits per heavy atom. The number of hydrogen-bond acceptors (Lipinski definition) is 3. The number of carbonyl (C=O) groups excluding carboxylic acids is 2. The Bertz CT molecular complexity index is 574. The van der Waals surface area contributed by atoms with E-state index in [1.165, 1.54) is 6.08 Å². The second kappa shape index (κ2) is 4.72. The molecule has 1 aromatic carbocycles. The molecular formula is C15H15NO3. The average molecular weight is 257 g/mol. The third-order valence-corrected chi connectivity index (χ3v) is 2.88. The van der Waals surface area contributed by atoms with Gasteiger partial charge in [-0.2, -0.15) is 0 Å². The van der Waals surface area contributed by atoms with Crippen molar-refractivity contribution in [1.82, 2.24) is 5.32 Å². The molecule has 19 heavy (non-hydrogen) atoms. The SMILES string of the molecule is C=C(C)C(=O)OC1(C)NC(=O)C=C1c1ccccc1. The number of nitrogens with one attached hydrogen (secondary N) is 1. The summed E-state index contributed by atoms with van der Waals surface area (Å²) < 4.78 is 5.36. The van der Waals surface area contributed by atoms with Crippen LogP contribution in [0.1, 0.15) is 19.4 Å². The molecule has 1 N–H and O–H groups in total. The first kappa shape index (κ1) is 13.1. The number of amides is 1. The van der Waals surface area contributed by atoms with Crippen molar-refractivity contribution in [3.8, 4) is 0 Å². The van der Waals surface area contributed by atoms with Crippen molar-refractivity contribution in [3.05, 3.63) is 54.1 Å². The van der Waals surface area contributed by atoms with E-state index in [9.17, 15) is 9.59 Å². The molecule has 0 fully saturated rings. The average Bonchev–Trinajstić information content (AvgIpc) is 2.65. The first-order valence-corrected chi connectivity index (χ1v) is 5.91. The Morgan fingerprint density at radius 1 is 1.32 bits per heavy atom. The molecular weight excluding hydrogens is 242 g/mol. The molecule has 0 aliphatic carbocycles. The Kier molecular flexibility index (Phi) is 3.25. The lowest BCUT2D eigenvalue weighted by Crippen LogP contribution is -2.45. The molecule has 1 heterocycles. The van der Waals surface area contributed by atoms with Gasteiger partial charge in [0.25, 0.3) is 0 Å². The molecule has 0 radical (unpaired) electrons. The molecule has 1 aromatic rings. The second-order valence-electron chi connectivity index (χ2n) is 4.62. The van der Waals surface area contributed by atoms with Gasteiger partial charge in [-0.1, -0.05) is 36.9 Å². The van der Waals surface area contributed by atoms with Gasteiger partial charge in [-0.15, -0.1) is 0 Å². The van der Waals surface area contributed by atoms with Crippen molar-refractivity contribution in [2.24, 2.45) is 0 Å². The maximum Gasteiger partial charge on any atom is 0.335 e.